The van der Waals surface area contributed by atoms with Gasteiger partial charge in [-0.2, -0.15) is 0 Å². The van der Waals surface area contributed by atoms with Crippen LogP contribution < -0.4 is 21.3 Å². The highest BCUT2D eigenvalue weighted by Crippen LogP contribution is 2.38. The molecule has 0 aliphatic carbocycles. The lowest BCUT2D eigenvalue weighted by molar-refractivity contribution is -0.144. The predicted octanol–water partition coefficient (Wildman–Crippen LogP) is 3.64. The molecule has 4 aliphatic heterocycles. The monoisotopic (exact) mass is 860 g/mol. The van der Waals surface area contributed by atoms with E-state index in [1.165, 1.54) is 4.91 Å². The zero-order chi connectivity index (χ0) is 43.7. The van der Waals surface area contributed by atoms with Crippen LogP contribution >= 0.6 is 11.8 Å². The van der Waals surface area contributed by atoms with E-state index in [4.69, 9.17) is 14.2 Å². The summed E-state index contributed by atoms with van der Waals surface area (Å²) in [4.78, 5) is 81.7. The van der Waals surface area contributed by atoms with Gasteiger partial charge in [0.05, 0.1) is 31.8 Å². The fourth-order valence-corrected chi connectivity index (χ4v) is 9.30. The molecular weight excluding hydrogens is 801 g/mol. The number of ether oxygens (including phenoxy) is 3. The molecule has 0 aromatic heterocycles. The van der Waals surface area contributed by atoms with Gasteiger partial charge in [0.2, 0.25) is 29.5 Å². The number of hydrogen-bond donors (Lipinski definition) is 4. The third kappa shape index (κ3) is 11.8. The Morgan fingerprint density at radius 3 is 2.36 bits per heavy atom. The molecule has 330 valence electrons. The second kappa shape index (κ2) is 20.9. The molecule has 15 nitrogen and oxygen atoms in total. The lowest BCUT2D eigenvalue weighted by Crippen LogP contribution is -2.58. The Labute approximate surface area is 362 Å². The predicted molar refractivity (Wildman–Crippen MR) is 230 cm³/mol. The molecule has 2 aromatic carbocycles. The number of hydrogen-bond acceptors (Lipinski definition) is 11. The standard InChI is InChI=1S/C45H60N6O9S/c1-28-39(61-29(2)47-28)32-15-13-30(14-16-32)25-46-41(54)35-12-7-19-50(35)44(57)40(45(3,4)5)48-38(53)27-60-24-23-59-22-21-58-20-8-10-31-9-6-11-33-34(31)26-51(43(33)56)36-17-18-37(52)49-42(36)55/h6,9,11,13-16,29,35-36,40,47H,7-8,10,12,17-27H2,1-5H3,(H,46,54)(H,48,53)(H,49,52,55)/t29?,35-,36?,40+/m0/s1. The molecule has 4 atom stereocenters. The number of nitrogens with one attached hydrogen (secondary N) is 4. The first-order valence-electron chi connectivity index (χ1n) is 21.3. The minimum Gasteiger partial charge on any atom is -0.379 e. The number of aryl methyl sites for hydroxylation is 1. The number of piperidine rings is 1. The van der Waals surface area contributed by atoms with E-state index in [0.717, 1.165) is 34.4 Å². The summed E-state index contributed by atoms with van der Waals surface area (Å²) < 4.78 is 16.9. The van der Waals surface area contributed by atoms with Gasteiger partial charge in [-0.15, -0.1) is 0 Å². The molecule has 4 aliphatic rings. The molecule has 2 saturated heterocycles. The third-order valence-corrected chi connectivity index (χ3v) is 12.6. The van der Waals surface area contributed by atoms with Gasteiger partial charge in [0.25, 0.3) is 5.91 Å². The van der Waals surface area contributed by atoms with Crippen LogP contribution in [0.5, 0.6) is 0 Å². The summed E-state index contributed by atoms with van der Waals surface area (Å²) in [7, 11) is 0. The van der Waals surface area contributed by atoms with Crippen LogP contribution in [0.15, 0.2) is 48.2 Å². The molecule has 0 radical (unpaired) electrons. The van der Waals surface area contributed by atoms with Crippen molar-refractivity contribution in [2.75, 3.05) is 46.2 Å². The Kier molecular flexibility index (Phi) is 15.6. The summed E-state index contributed by atoms with van der Waals surface area (Å²) in [5, 5.41) is 12.0. The number of imide groups is 1. The largest absolute Gasteiger partial charge is 0.379 e. The van der Waals surface area contributed by atoms with Gasteiger partial charge in [-0.05, 0) is 79.7 Å². The van der Waals surface area contributed by atoms with Crippen LogP contribution in [0.2, 0.25) is 0 Å². The van der Waals surface area contributed by atoms with Crippen molar-refractivity contribution in [3.8, 4) is 0 Å². The average Bonchev–Trinajstić information content (AvgIpc) is 3.94. The second-order valence-corrected chi connectivity index (χ2v) is 18.4. The van der Waals surface area contributed by atoms with E-state index >= 15 is 0 Å². The zero-order valence-corrected chi connectivity index (χ0v) is 36.8. The minimum atomic E-state index is -0.848. The Morgan fingerprint density at radius 1 is 0.951 bits per heavy atom. The van der Waals surface area contributed by atoms with Crippen molar-refractivity contribution < 1.29 is 43.0 Å². The van der Waals surface area contributed by atoms with E-state index in [9.17, 15) is 28.8 Å². The maximum absolute atomic E-state index is 13.9. The number of allylic oxidation sites excluding steroid dienone is 1. The van der Waals surface area contributed by atoms with Crippen molar-refractivity contribution in [1.82, 2.24) is 31.1 Å². The summed E-state index contributed by atoms with van der Waals surface area (Å²) in [6, 6.07) is 11.7. The summed E-state index contributed by atoms with van der Waals surface area (Å²) in [5.41, 5.74) is 5.22. The molecule has 2 aromatic rings. The van der Waals surface area contributed by atoms with Crippen LogP contribution in [-0.4, -0.2) is 115 Å². The first-order chi connectivity index (χ1) is 29.2. The highest BCUT2D eigenvalue weighted by Gasteiger charge is 2.42. The number of rotatable bonds is 19. The van der Waals surface area contributed by atoms with Gasteiger partial charge in [-0.3, -0.25) is 34.1 Å². The van der Waals surface area contributed by atoms with Crippen LogP contribution in [0, 0.1) is 5.41 Å². The van der Waals surface area contributed by atoms with Gasteiger partial charge in [0, 0.05) is 48.8 Å². The van der Waals surface area contributed by atoms with Crippen LogP contribution in [-0.2, 0) is 57.7 Å². The van der Waals surface area contributed by atoms with Crippen molar-refractivity contribution in [2.45, 2.75) is 110 Å². The van der Waals surface area contributed by atoms with E-state index in [1.54, 1.807) is 27.6 Å². The SMILES string of the molecule is CC1=C(c2ccc(CNC(=O)[C@@H]3CCCN3C(=O)[C@@H](NC(=O)COCCOCCOCCCc3cccc4c3CN(C3CCC(=O)NC3=O)C4=O)C(C)(C)C)cc2)SC(C)N1. The van der Waals surface area contributed by atoms with Crippen LogP contribution in [0.25, 0.3) is 4.91 Å². The fraction of sp³-hybridized carbons (Fsp3) is 0.556. The van der Waals surface area contributed by atoms with E-state index < -0.39 is 35.4 Å². The minimum absolute atomic E-state index is 0.180. The summed E-state index contributed by atoms with van der Waals surface area (Å²) in [5.74, 6) is -1.84. The zero-order valence-electron chi connectivity index (χ0n) is 35.9. The maximum Gasteiger partial charge on any atom is 0.255 e. The number of likely N-dealkylation sites (tertiary alicyclic amines) is 1. The number of nitrogens with zero attached hydrogens (tertiary/aromatic N) is 2. The van der Waals surface area contributed by atoms with Crippen molar-refractivity contribution in [1.29, 1.82) is 0 Å². The van der Waals surface area contributed by atoms with Crippen LogP contribution in [0.4, 0.5) is 0 Å². The molecule has 4 heterocycles. The molecule has 2 fully saturated rings. The van der Waals surface area contributed by atoms with Crippen molar-refractivity contribution in [3.63, 3.8) is 0 Å². The topological polar surface area (TPSA) is 185 Å². The second-order valence-electron chi connectivity index (χ2n) is 17.1. The van der Waals surface area contributed by atoms with Crippen molar-refractivity contribution >= 4 is 52.1 Å². The number of fused-ring (bicyclic) bond motifs is 1. The molecule has 6 rings (SSSR count). The highest BCUT2D eigenvalue weighted by atomic mass is 32.2. The average molecular weight is 861 g/mol. The van der Waals surface area contributed by atoms with Gasteiger partial charge >= 0.3 is 0 Å². The molecule has 0 saturated carbocycles. The highest BCUT2D eigenvalue weighted by molar-refractivity contribution is 8.09. The summed E-state index contributed by atoms with van der Waals surface area (Å²) >= 11 is 1.79. The van der Waals surface area contributed by atoms with Crippen molar-refractivity contribution in [3.05, 3.63) is 76.0 Å². The Hall–Kier alpha value is -4.77. The number of benzene rings is 2. The fourth-order valence-electron chi connectivity index (χ4n) is 8.20. The molecular formula is C45H60N6O9S. The van der Waals surface area contributed by atoms with Crippen molar-refractivity contribution in [2.24, 2.45) is 5.41 Å². The lowest BCUT2D eigenvalue weighted by atomic mass is 9.85. The van der Waals surface area contributed by atoms with E-state index in [0.29, 0.717) is 76.1 Å². The van der Waals surface area contributed by atoms with Gasteiger partial charge < -0.3 is 40.0 Å². The lowest BCUT2D eigenvalue weighted by Gasteiger charge is -2.35. The first-order valence-corrected chi connectivity index (χ1v) is 22.2. The van der Waals surface area contributed by atoms with Gasteiger partial charge in [-0.25, -0.2) is 0 Å². The molecule has 4 N–H and O–H groups in total. The van der Waals surface area contributed by atoms with Crippen LogP contribution in [0.3, 0.4) is 0 Å². The molecule has 16 heteroatoms. The van der Waals surface area contributed by atoms with E-state index in [2.05, 4.69) is 47.2 Å². The maximum atomic E-state index is 13.9. The Morgan fingerprint density at radius 2 is 1.67 bits per heavy atom. The van der Waals surface area contributed by atoms with E-state index in [-0.39, 0.29) is 49.9 Å². The first kappa shape index (κ1) is 45.7. The quantitative estimate of drug-likeness (QED) is 0.120. The van der Waals surface area contributed by atoms with Gasteiger partial charge in [-0.1, -0.05) is 68.9 Å². The number of carbonyl (C=O) groups excluding carboxylic acids is 6. The molecule has 2 unspecified atom stereocenters. The third-order valence-electron chi connectivity index (χ3n) is 11.4. The Bertz CT molecular complexity index is 1980. The number of thioether (sulfide) groups is 1. The molecule has 0 bridgehead atoms. The number of amides is 6. The normalized spacial score (nSPS) is 20.7. The molecule has 0 spiro atoms. The van der Waals surface area contributed by atoms with Gasteiger partial charge in [0.1, 0.15) is 24.7 Å². The number of carbonyl (C=O) groups is 6. The van der Waals surface area contributed by atoms with Crippen LogP contribution in [0.1, 0.15) is 99.3 Å². The van der Waals surface area contributed by atoms with Gasteiger partial charge in [0.15, 0.2) is 0 Å². The molecule has 6 amide bonds. The summed E-state index contributed by atoms with van der Waals surface area (Å²) in [6.45, 7) is 12.4. The molecule has 61 heavy (non-hydrogen) atoms. The summed E-state index contributed by atoms with van der Waals surface area (Å²) in [6.07, 6.45) is 3.23. The van der Waals surface area contributed by atoms with E-state index in [1.807, 2.05) is 45.0 Å². The smallest absolute Gasteiger partial charge is 0.255 e. The Balaban J connectivity index is 0.846.